The molecule has 118 valence electrons. The molecule has 2 aromatic heterocycles. The van der Waals surface area contributed by atoms with Gasteiger partial charge >= 0.3 is 0 Å². The van der Waals surface area contributed by atoms with Crippen LogP contribution in [0.4, 0.5) is 0 Å². The molecule has 0 aliphatic carbocycles. The highest BCUT2D eigenvalue weighted by atomic mass is 32.1. The summed E-state index contributed by atoms with van der Waals surface area (Å²) >= 11 is 3.20. The van der Waals surface area contributed by atoms with Crippen molar-refractivity contribution in [2.75, 3.05) is 19.7 Å². The zero-order chi connectivity index (χ0) is 16.0. The van der Waals surface area contributed by atoms with Crippen molar-refractivity contribution in [3.05, 3.63) is 35.2 Å². The number of ether oxygens (including phenoxy) is 1. The van der Waals surface area contributed by atoms with E-state index in [0.29, 0.717) is 18.0 Å². The lowest BCUT2D eigenvalue weighted by Gasteiger charge is -2.31. The van der Waals surface area contributed by atoms with E-state index in [1.165, 1.54) is 21.4 Å². The first-order valence-corrected chi connectivity index (χ1v) is 8.88. The molecule has 1 aliphatic heterocycles. The molecule has 1 aliphatic rings. The van der Waals surface area contributed by atoms with E-state index in [1.54, 1.807) is 16.2 Å². The van der Waals surface area contributed by atoms with Gasteiger partial charge in [0, 0.05) is 21.3 Å². The first kappa shape index (κ1) is 14.6. The molecule has 3 aromatic rings. The molecular formula is C16H14N2O3S2. The number of primary amides is 1. The third-order valence-electron chi connectivity index (χ3n) is 3.93. The molecule has 4 rings (SSSR count). The molecule has 23 heavy (non-hydrogen) atoms. The van der Waals surface area contributed by atoms with Gasteiger partial charge in [0.15, 0.2) is 6.10 Å². The Hall–Kier alpha value is -1.96. The number of hydrogen-bond donors (Lipinski definition) is 1. The fourth-order valence-electron chi connectivity index (χ4n) is 2.77. The Morgan fingerprint density at radius 3 is 2.87 bits per heavy atom. The van der Waals surface area contributed by atoms with Gasteiger partial charge in [0.05, 0.1) is 22.7 Å². The monoisotopic (exact) mass is 346 g/mol. The van der Waals surface area contributed by atoms with E-state index in [2.05, 4.69) is 12.1 Å². The van der Waals surface area contributed by atoms with Crippen LogP contribution in [0.3, 0.4) is 0 Å². The molecule has 5 nitrogen and oxygen atoms in total. The quantitative estimate of drug-likeness (QED) is 0.775. The topological polar surface area (TPSA) is 72.6 Å². The highest BCUT2D eigenvalue weighted by molar-refractivity contribution is 7.33. The number of morpholine rings is 1. The predicted molar refractivity (Wildman–Crippen MR) is 92.0 cm³/mol. The first-order chi connectivity index (χ1) is 11.1. The van der Waals surface area contributed by atoms with Gasteiger partial charge in [0.2, 0.25) is 5.91 Å². The fourth-order valence-corrected chi connectivity index (χ4v) is 5.26. The lowest BCUT2D eigenvalue weighted by Crippen LogP contribution is -2.50. The molecule has 3 heterocycles. The van der Waals surface area contributed by atoms with Crippen molar-refractivity contribution in [2.24, 2.45) is 5.73 Å². The lowest BCUT2D eigenvalue weighted by atomic mass is 10.2. The smallest absolute Gasteiger partial charge is 0.264 e. The Bertz CT molecular complexity index is 914. The molecule has 0 spiro atoms. The van der Waals surface area contributed by atoms with Gasteiger partial charge in [-0.25, -0.2) is 0 Å². The molecule has 1 saturated heterocycles. The number of carbonyl (C=O) groups is 2. The van der Waals surface area contributed by atoms with E-state index in [-0.39, 0.29) is 12.5 Å². The van der Waals surface area contributed by atoms with Gasteiger partial charge in [-0.05, 0) is 12.1 Å². The van der Waals surface area contributed by atoms with Crippen molar-refractivity contribution in [2.45, 2.75) is 6.10 Å². The summed E-state index contributed by atoms with van der Waals surface area (Å²) in [7, 11) is 0. The minimum absolute atomic E-state index is 0.0583. The molecule has 0 bridgehead atoms. The van der Waals surface area contributed by atoms with Crippen LogP contribution in [0.5, 0.6) is 0 Å². The van der Waals surface area contributed by atoms with Crippen molar-refractivity contribution >= 4 is 54.0 Å². The number of nitrogens with zero attached hydrogens (tertiary/aromatic N) is 1. The summed E-state index contributed by atoms with van der Waals surface area (Å²) < 4.78 is 8.80. The number of benzene rings is 1. The van der Waals surface area contributed by atoms with Crippen LogP contribution in [-0.2, 0) is 9.53 Å². The Balaban J connectivity index is 1.65. The molecule has 0 radical (unpaired) electrons. The molecule has 1 fully saturated rings. The minimum Gasteiger partial charge on any atom is -0.367 e. The standard InChI is InChI=1S/C16H14N2O3S2/c17-15(19)10-8-18(5-6-21-10)16(20)13-7-12-14(23-13)9-3-1-2-4-11(9)22-12/h1-4,7,10H,5-6,8H2,(H2,17,19)/t10-/m0/s1. The highest BCUT2D eigenvalue weighted by Gasteiger charge is 2.29. The number of hydrogen-bond acceptors (Lipinski definition) is 5. The van der Waals surface area contributed by atoms with E-state index in [9.17, 15) is 9.59 Å². The minimum atomic E-state index is -0.713. The van der Waals surface area contributed by atoms with Crippen molar-refractivity contribution in [3.63, 3.8) is 0 Å². The number of fused-ring (bicyclic) bond motifs is 3. The largest absolute Gasteiger partial charge is 0.367 e. The summed E-state index contributed by atoms with van der Waals surface area (Å²) in [5, 5.41) is 1.19. The van der Waals surface area contributed by atoms with Crippen molar-refractivity contribution in [1.82, 2.24) is 4.90 Å². The Kier molecular flexibility index (Phi) is 3.56. The van der Waals surface area contributed by atoms with Crippen LogP contribution in [0.1, 0.15) is 9.67 Å². The number of nitrogens with two attached hydrogens (primary N) is 1. The zero-order valence-electron chi connectivity index (χ0n) is 12.2. The second kappa shape index (κ2) is 5.59. The maximum Gasteiger partial charge on any atom is 0.264 e. The summed E-state index contributed by atoms with van der Waals surface area (Å²) in [5.41, 5.74) is 5.28. The van der Waals surface area contributed by atoms with Crippen LogP contribution in [-0.4, -0.2) is 42.5 Å². The summed E-state index contributed by atoms with van der Waals surface area (Å²) in [5.74, 6) is -0.585. The van der Waals surface area contributed by atoms with Crippen LogP contribution in [0.15, 0.2) is 30.3 Å². The summed E-state index contributed by atoms with van der Waals surface area (Å²) in [6.07, 6.45) is -0.713. The molecule has 2 N–H and O–H groups in total. The Morgan fingerprint density at radius 1 is 1.22 bits per heavy atom. The normalized spacial score (nSPS) is 18.6. The van der Waals surface area contributed by atoms with Gasteiger partial charge in [-0.15, -0.1) is 22.7 Å². The van der Waals surface area contributed by atoms with Gasteiger partial charge in [-0.1, -0.05) is 18.2 Å². The fraction of sp³-hybridized carbons (Fsp3) is 0.250. The van der Waals surface area contributed by atoms with Crippen LogP contribution < -0.4 is 5.73 Å². The SMILES string of the molecule is NC(=O)[C@@H]1CN(C(=O)c2cc3sc4ccccc4c3s2)CCO1. The summed E-state index contributed by atoms with van der Waals surface area (Å²) in [6, 6.07) is 10.1. The van der Waals surface area contributed by atoms with Crippen LogP contribution in [0.2, 0.25) is 0 Å². The average Bonchev–Trinajstić information content (AvgIpc) is 3.12. The van der Waals surface area contributed by atoms with Crippen molar-refractivity contribution < 1.29 is 14.3 Å². The third kappa shape index (κ3) is 2.50. The van der Waals surface area contributed by atoms with E-state index in [1.807, 2.05) is 18.2 Å². The third-order valence-corrected chi connectivity index (χ3v) is 6.33. The van der Waals surface area contributed by atoms with E-state index >= 15 is 0 Å². The highest BCUT2D eigenvalue weighted by Crippen LogP contribution is 2.39. The molecule has 0 unspecified atom stereocenters. The maximum absolute atomic E-state index is 12.7. The van der Waals surface area contributed by atoms with Gasteiger partial charge < -0.3 is 15.4 Å². The summed E-state index contributed by atoms with van der Waals surface area (Å²) in [4.78, 5) is 26.3. The second-order valence-electron chi connectivity index (χ2n) is 5.42. The van der Waals surface area contributed by atoms with E-state index in [0.717, 1.165) is 9.40 Å². The Morgan fingerprint density at radius 2 is 2.04 bits per heavy atom. The summed E-state index contributed by atoms with van der Waals surface area (Å²) in [6.45, 7) is 1.04. The molecule has 7 heteroatoms. The molecular weight excluding hydrogens is 332 g/mol. The first-order valence-electron chi connectivity index (χ1n) is 7.25. The van der Waals surface area contributed by atoms with Gasteiger partial charge in [0.25, 0.3) is 5.91 Å². The van der Waals surface area contributed by atoms with Crippen molar-refractivity contribution in [1.29, 1.82) is 0 Å². The predicted octanol–water partition coefficient (Wildman–Crippen LogP) is 2.44. The maximum atomic E-state index is 12.7. The molecule has 0 saturated carbocycles. The van der Waals surface area contributed by atoms with Gasteiger partial charge in [-0.2, -0.15) is 0 Å². The number of amides is 2. The van der Waals surface area contributed by atoms with E-state index < -0.39 is 12.0 Å². The average molecular weight is 346 g/mol. The molecule has 1 atom stereocenters. The number of carbonyl (C=O) groups excluding carboxylic acids is 2. The van der Waals surface area contributed by atoms with Crippen molar-refractivity contribution in [3.8, 4) is 0 Å². The lowest BCUT2D eigenvalue weighted by molar-refractivity contribution is -0.133. The van der Waals surface area contributed by atoms with Crippen LogP contribution >= 0.6 is 22.7 Å². The zero-order valence-corrected chi connectivity index (χ0v) is 13.8. The van der Waals surface area contributed by atoms with Crippen LogP contribution in [0.25, 0.3) is 19.5 Å². The van der Waals surface area contributed by atoms with Crippen LogP contribution in [0, 0.1) is 0 Å². The second-order valence-corrected chi connectivity index (χ2v) is 7.55. The Labute approximate surface area is 140 Å². The van der Waals surface area contributed by atoms with E-state index in [4.69, 9.17) is 10.5 Å². The number of rotatable bonds is 2. The molecule has 2 amide bonds. The van der Waals surface area contributed by atoms with Gasteiger partial charge in [0.1, 0.15) is 0 Å². The molecule has 1 aromatic carbocycles. The van der Waals surface area contributed by atoms with Gasteiger partial charge in [-0.3, -0.25) is 9.59 Å². The number of thiophene rings is 2.